The van der Waals surface area contributed by atoms with Crippen LogP contribution in [0.5, 0.6) is 0 Å². The van der Waals surface area contributed by atoms with Gasteiger partial charge in [-0.15, -0.1) is 0 Å². The SMILES string of the molecule is CCN(Cc1ccccc1)C(=O)C1CCN(C)CC1. The van der Waals surface area contributed by atoms with Crippen LogP contribution in [-0.4, -0.2) is 42.4 Å². The molecule has 3 heteroatoms. The van der Waals surface area contributed by atoms with Gasteiger partial charge in [0.1, 0.15) is 0 Å². The quantitative estimate of drug-likeness (QED) is 0.830. The highest BCUT2D eigenvalue weighted by molar-refractivity contribution is 5.79. The fourth-order valence-corrected chi connectivity index (χ4v) is 2.66. The number of benzene rings is 1. The lowest BCUT2D eigenvalue weighted by molar-refractivity contribution is -0.137. The number of nitrogens with zero attached hydrogens (tertiary/aromatic N) is 2. The molecule has 1 heterocycles. The summed E-state index contributed by atoms with van der Waals surface area (Å²) in [7, 11) is 2.13. The van der Waals surface area contributed by atoms with Gasteiger partial charge in [-0.1, -0.05) is 30.3 Å². The molecule has 0 spiro atoms. The Labute approximate surface area is 116 Å². The van der Waals surface area contributed by atoms with E-state index >= 15 is 0 Å². The number of likely N-dealkylation sites (tertiary alicyclic amines) is 1. The molecule has 19 heavy (non-hydrogen) atoms. The summed E-state index contributed by atoms with van der Waals surface area (Å²) in [6.07, 6.45) is 2.00. The average Bonchev–Trinajstić information content (AvgIpc) is 2.46. The monoisotopic (exact) mass is 260 g/mol. The molecule has 0 saturated carbocycles. The lowest BCUT2D eigenvalue weighted by atomic mass is 9.95. The largest absolute Gasteiger partial charge is 0.338 e. The van der Waals surface area contributed by atoms with Crippen molar-refractivity contribution in [2.75, 3.05) is 26.7 Å². The van der Waals surface area contributed by atoms with Crippen molar-refractivity contribution >= 4 is 5.91 Å². The molecule has 1 aromatic rings. The van der Waals surface area contributed by atoms with Crippen molar-refractivity contribution in [3.05, 3.63) is 35.9 Å². The maximum Gasteiger partial charge on any atom is 0.226 e. The summed E-state index contributed by atoms with van der Waals surface area (Å²) < 4.78 is 0. The van der Waals surface area contributed by atoms with Crippen molar-refractivity contribution in [2.24, 2.45) is 5.92 Å². The molecule has 1 saturated heterocycles. The number of rotatable bonds is 4. The summed E-state index contributed by atoms with van der Waals surface area (Å²) in [5.41, 5.74) is 1.21. The highest BCUT2D eigenvalue weighted by Gasteiger charge is 2.26. The Morgan fingerprint density at radius 2 is 1.89 bits per heavy atom. The van der Waals surface area contributed by atoms with Crippen LogP contribution in [0.25, 0.3) is 0 Å². The number of hydrogen-bond acceptors (Lipinski definition) is 2. The lowest BCUT2D eigenvalue weighted by Gasteiger charge is -2.32. The second-order valence-corrected chi connectivity index (χ2v) is 5.42. The third-order valence-electron chi connectivity index (χ3n) is 3.98. The van der Waals surface area contributed by atoms with Gasteiger partial charge in [-0.2, -0.15) is 0 Å². The minimum Gasteiger partial charge on any atom is -0.338 e. The molecular formula is C16H24N2O. The average molecular weight is 260 g/mol. The predicted octanol–water partition coefficient (Wildman–Crippen LogP) is 2.38. The van der Waals surface area contributed by atoms with E-state index in [1.165, 1.54) is 5.56 Å². The van der Waals surface area contributed by atoms with Gasteiger partial charge < -0.3 is 9.80 Å². The molecule has 0 aromatic heterocycles. The molecule has 0 unspecified atom stereocenters. The first-order valence-corrected chi connectivity index (χ1v) is 7.22. The lowest BCUT2D eigenvalue weighted by Crippen LogP contribution is -2.41. The van der Waals surface area contributed by atoms with Gasteiger partial charge in [0.05, 0.1) is 0 Å². The smallest absolute Gasteiger partial charge is 0.226 e. The number of hydrogen-bond donors (Lipinski definition) is 0. The molecular weight excluding hydrogens is 236 g/mol. The van der Waals surface area contributed by atoms with Crippen molar-refractivity contribution in [3.8, 4) is 0 Å². The van der Waals surface area contributed by atoms with Crippen molar-refractivity contribution in [1.29, 1.82) is 0 Å². The molecule has 2 rings (SSSR count). The van der Waals surface area contributed by atoms with E-state index < -0.39 is 0 Å². The number of amides is 1. The van der Waals surface area contributed by atoms with Gasteiger partial charge in [-0.3, -0.25) is 4.79 Å². The van der Waals surface area contributed by atoms with Gasteiger partial charge in [0.25, 0.3) is 0 Å². The van der Waals surface area contributed by atoms with Gasteiger partial charge in [0.2, 0.25) is 5.91 Å². The maximum atomic E-state index is 12.5. The number of carbonyl (C=O) groups is 1. The third-order valence-corrected chi connectivity index (χ3v) is 3.98. The molecule has 1 aliphatic rings. The summed E-state index contributed by atoms with van der Waals surface area (Å²) in [4.78, 5) is 16.8. The van der Waals surface area contributed by atoms with Crippen molar-refractivity contribution in [2.45, 2.75) is 26.3 Å². The van der Waals surface area contributed by atoms with E-state index in [1.54, 1.807) is 0 Å². The second-order valence-electron chi connectivity index (χ2n) is 5.42. The zero-order valence-corrected chi connectivity index (χ0v) is 12.0. The minimum absolute atomic E-state index is 0.222. The Morgan fingerprint density at radius 3 is 2.47 bits per heavy atom. The molecule has 104 valence electrons. The van der Waals surface area contributed by atoms with E-state index in [1.807, 2.05) is 23.1 Å². The van der Waals surface area contributed by atoms with E-state index in [2.05, 4.69) is 31.0 Å². The molecule has 0 radical (unpaired) electrons. The van der Waals surface area contributed by atoms with Gasteiger partial charge >= 0.3 is 0 Å². The molecule has 1 amide bonds. The molecule has 0 N–H and O–H groups in total. The second kappa shape index (κ2) is 6.71. The Hall–Kier alpha value is -1.35. The molecule has 0 bridgehead atoms. The minimum atomic E-state index is 0.222. The van der Waals surface area contributed by atoms with Crippen LogP contribution in [0.15, 0.2) is 30.3 Å². The summed E-state index contributed by atoms with van der Waals surface area (Å²) in [6.45, 7) is 5.68. The fourth-order valence-electron chi connectivity index (χ4n) is 2.66. The summed E-state index contributed by atoms with van der Waals surface area (Å²) in [5, 5.41) is 0. The van der Waals surface area contributed by atoms with Crippen LogP contribution in [-0.2, 0) is 11.3 Å². The Bertz CT molecular complexity index is 396. The fraction of sp³-hybridized carbons (Fsp3) is 0.562. The molecule has 1 fully saturated rings. The molecule has 0 atom stereocenters. The van der Waals surface area contributed by atoms with Gasteiger partial charge in [0.15, 0.2) is 0 Å². The van der Waals surface area contributed by atoms with E-state index in [0.29, 0.717) is 5.91 Å². The molecule has 0 aliphatic carbocycles. The summed E-state index contributed by atoms with van der Waals surface area (Å²) in [6, 6.07) is 10.3. The van der Waals surface area contributed by atoms with Crippen LogP contribution >= 0.6 is 0 Å². The first-order valence-electron chi connectivity index (χ1n) is 7.22. The van der Waals surface area contributed by atoms with E-state index in [-0.39, 0.29) is 5.92 Å². The van der Waals surface area contributed by atoms with Crippen LogP contribution in [0.4, 0.5) is 0 Å². The Kier molecular flexibility index (Phi) is 4.97. The molecule has 3 nitrogen and oxygen atoms in total. The summed E-state index contributed by atoms with van der Waals surface area (Å²) >= 11 is 0. The van der Waals surface area contributed by atoms with Crippen LogP contribution in [0.2, 0.25) is 0 Å². The van der Waals surface area contributed by atoms with Crippen LogP contribution in [0.1, 0.15) is 25.3 Å². The number of piperidine rings is 1. The van der Waals surface area contributed by atoms with Gasteiger partial charge in [-0.25, -0.2) is 0 Å². The van der Waals surface area contributed by atoms with Crippen molar-refractivity contribution in [1.82, 2.24) is 9.80 Å². The molecule has 1 aliphatic heterocycles. The zero-order valence-electron chi connectivity index (χ0n) is 12.0. The van der Waals surface area contributed by atoms with Gasteiger partial charge in [0, 0.05) is 19.0 Å². The first-order chi connectivity index (χ1) is 9.20. The molecule has 1 aromatic carbocycles. The summed E-state index contributed by atoms with van der Waals surface area (Å²) in [5.74, 6) is 0.555. The van der Waals surface area contributed by atoms with E-state index in [4.69, 9.17) is 0 Å². The zero-order chi connectivity index (χ0) is 13.7. The van der Waals surface area contributed by atoms with Gasteiger partial charge in [-0.05, 0) is 45.5 Å². The standard InChI is InChI=1S/C16H24N2O/c1-3-18(13-14-7-5-4-6-8-14)16(19)15-9-11-17(2)12-10-15/h4-8,15H,3,9-13H2,1-2H3. The van der Waals surface area contributed by atoms with Crippen LogP contribution in [0.3, 0.4) is 0 Å². The van der Waals surface area contributed by atoms with Crippen molar-refractivity contribution < 1.29 is 4.79 Å². The first kappa shape index (κ1) is 14.1. The van der Waals surface area contributed by atoms with E-state index in [0.717, 1.165) is 39.0 Å². The third kappa shape index (κ3) is 3.80. The number of carbonyl (C=O) groups excluding carboxylic acids is 1. The van der Waals surface area contributed by atoms with Crippen LogP contribution < -0.4 is 0 Å². The van der Waals surface area contributed by atoms with Crippen LogP contribution in [0, 0.1) is 5.92 Å². The van der Waals surface area contributed by atoms with Crippen molar-refractivity contribution in [3.63, 3.8) is 0 Å². The highest BCUT2D eigenvalue weighted by atomic mass is 16.2. The Morgan fingerprint density at radius 1 is 1.26 bits per heavy atom. The predicted molar refractivity (Wildman–Crippen MR) is 77.8 cm³/mol. The Balaban J connectivity index is 1.95. The highest BCUT2D eigenvalue weighted by Crippen LogP contribution is 2.19. The normalized spacial score (nSPS) is 17.4. The van der Waals surface area contributed by atoms with E-state index in [9.17, 15) is 4.79 Å². The maximum absolute atomic E-state index is 12.5. The topological polar surface area (TPSA) is 23.6 Å².